The fraction of sp³-hybridized carbons (Fsp3) is 0.611. The molecule has 0 radical (unpaired) electrons. The summed E-state index contributed by atoms with van der Waals surface area (Å²) in [6, 6.07) is 8.80. The summed E-state index contributed by atoms with van der Waals surface area (Å²) in [4.78, 5) is 7.07. The minimum absolute atomic E-state index is 0. The highest BCUT2D eigenvalue weighted by atomic mass is 127. The van der Waals surface area contributed by atoms with Crippen LogP contribution < -0.4 is 10.6 Å². The van der Waals surface area contributed by atoms with Gasteiger partial charge in [0.05, 0.1) is 19.8 Å². The van der Waals surface area contributed by atoms with Gasteiger partial charge in [0.2, 0.25) is 0 Å². The van der Waals surface area contributed by atoms with Gasteiger partial charge < -0.3 is 15.4 Å². The van der Waals surface area contributed by atoms with E-state index < -0.39 is 0 Å². The summed E-state index contributed by atoms with van der Waals surface area (Å²) in [5.41, 5.74) is 2.60. The Morgan fingerprint density at radius 2 is 1.75 bits per heavy atom. The first-order valence-electron chi connectivity index (χ1n) is 8.72. The molecule has 0 aromatic heterocycles. The van der Waals surface area contributed by atoms with Gasteiger partial charge in [-0.3, -0.25) is 4.90 Å². The van der Waals surface area contributed by atoms with E-state index in [9.17, 15) is 0 Å². The average molecular weight is 446 g/mol. The lowest BCUT2D eigenvalue weighted by Gasteiger charge is -2.26. The van der Waals surface area contributed by atoms with E-state index in [1.54, 1.807) is 0 Å². The zero-order valence-corrected chi connectivity index (χ0v) is 17.2. The smallest absolute Gasteiger partial charge is 0.191 e. The number of aliphatic imine (C=N–C) groups is 1. The molecule has 2 N–H and O–H groups in total. The van der Waals surface area contributed by atoms with E-state index in [4.69, 9.17) is 4.74 Å². The maximum absolute atomic E-state index is 5.39. The Balaban J connectivity index is 0.00000288. The van der Waals surface area contributed by atoms with Crippen LogP contribution in [0.4, 0.5) is 0 Å². The maximum Gasteiger partial charge on any atom is 0.191 e. The van der Waals surface area contributed by atoms with Crippen LogP contribution in [-0.2, 0) is 17.8 Å². The number of hydrogen-bond acceptors (Lipinski definition) is 3. The number of nitrogens with one attached hydrogen (secondary N) is 2. The minimum atomic E-state index is 0. The third kappa shape index (κ3) is 7.81. The minimum Gasteiger partial charge on any atom is -0.379 e. The molecule has 0 atom stereocenters. The molecular weight excluding hydrogens is 415 g/mol. The first-order valence-corrected chi connectivity index (χ1v) is 8.72. The SMILES string of the molecule is CCCNC(=NCc1ccc(CN2CCOCC2)cc1)NCC.I. The van der Waals surface area contributed by atoms with Crippen LogP contribution in [0.2, 0.25) is 0 Å². The van der Waals surface area contributed by atoms with E-state index >= 15 is 0 Å². The van der Waals surface area contributed by atoms with Crippen LogP contribution in [0.25, 0.3) is 0 Å². The van der Waals surface area contributed by atoms with Crippen molar-refractivity contribution in [2.75, 3.05) is 39.4 Å². The van der Waals surface area contributed by atoms with Gasteiger partial charge >= 0.3 is 0 Å². The van der Waals surface area contributed by atoms with Gasteiger partial charge in [-0.2, -0.15) is 0 Å². The molecule has 1 fully saturated rings. The van der Waals surface area contributed by atoms with Crippen LogP contribution in [0.1, 0.15) is 31.4 Å². The normalized spacial score (nSPS) is 15.7. The van der Waals surface area contributed by atoms with Crippen molar-refractivity contribution in [3.8, 4) is 0 Å². The Kier molecular flexibility index (Phi) is 11.0. The van der Waals surface area contributed by atoms with E-state index in [0.29, 0.717) is 6.54 Å². The summed E-state index contributed by atoms with van der Waals surface area (Å²) in [6.45, 7) is 11.5. The van der Waals surface area contributed by atoms with Crippen molar-refractivity contribution in [2.24, 2.45) is 4.99 Å². The molecule has 24 heavy (non-hydrogen) atoms. The number of guanidine groups is 1. The van der Waals surface area contributed by atoms with Crippen molar-refractivity contribution in [1.29, 1.82) is 0 Å². The molecule has 0 saturated carbocycles. The molecule has 1 aliphatic heterocycles. The predicted octanol–water partition coefficient (Wildman–Crippen LogP) is 2.60. The van der Waals surface area contributed by atoms with Gasteiger partial charge in [0.25, 0.3) is 0 Å². The van der Waals surface area contributed by atoms with Gasteiger partial charge in [-0.15, -0.1) is 24.0 Å². The molecule has 2 rings (SSSR count). The van der Waals surface area contributed by atoms with E-state index in [2.05, 4.69) is 58.6 Å². The zero-order valence-electron chi connectivity index (χ0n) is 14.9. The molecule has 5 nitrogen and oxygen atoms in total. The third-order valence-electron chi connectivity index (χ3n) is 3.84. The van der Waals surface area contributed by atoms with Gasteiger partial charge in [0, 0.05) is 32.7 Å². The Hall–Kier alpha value is -0.860. The highest BCUT2D eigenvalue weighted by Gasteiger charge is 2.10. The average Bonchev–Trinajstić information content (AvgIpc) is 2.59. The van der Waals surface area contributed by atoms with Crippen molar-refractivity contribution in [3.05, 3.63) is 35.4 Å². The molecule has 0 bridgehead atoms. The van der Waals surface area contributed by atoms with E-state index in [1.807, 2.05) is 0 Å². The summed E-state index contributed by atoms with van der Waals surface area (Å²) in [7, 11) is 0. The van der Waals surface area contributed by atoms with Crippen molar-refractivity contribution in [3.63, 3.8) is 0 Å². The number of ether oxygens (including phenoxy) is 1. The quantitative estimate of drug-likeness (QED) is 0.384. The van der Waals surface area contributed by atoms with E-state index in [0.717, 1.165) is 58.3 Å². The van der Waals surface area contributed by atoms with Gasteiger partial charge in [-0.1, -0.05) is 31.2 Å². The van der Waals surface area contributed by atoms with Gasteiger partial charge in [-0.05, 0) is 24.5 Å². The number of benzene rings is 1. The number of hydrogen-bond donors (Lipinski definition) is 2. The second-order valence-corrected chi connectivity index (χ2v) is 5.83. The molecule has 0 spiro atoms. The molecule has 0 unspecified atom stereocenters. The van der Waals surface area contributed by atoms with E-state index in [1.165, 1.54) is 11.1 Å². The number of halogens is 1. The Bertz CT molecular complexity index is 472. The summed E-state index contributed by atoms with van der Waals surface area (Å²) in [5.74, 6) is 0.895. The lowest BCUT2D eigenvalue weighted by molar-refractivity contribution is 0.0342. The van der Waals surface area contributed by atoms with Gasteiger partial charge in [0.1, 0.15) is 0 Å². The molecule has 1 heterocycles. The molecule has 6 heteroatoms. The van der Waals surface area contributed by atoms with Crippen LogP contribution in [0.5, 0.6) is 0 Å². The lowest BCUT2D eigenvalue weighted by atomic mass is 10.1. The molecule has 1 aliphatic rings. The van der Waals surface area contributed by atoms with Gasteiger partial charge in [0.15, 0.2) is 5.96 Å². The first kappa shape index (κ1) is 21.2. The van der Waals surface area contributed by atoms with Crippen LogP contribution in [-0.4, -0.2) is 50.3 Å². The molecular formula is C18H31IN4O. The molecule has 0 aliphatic carbocycles. The van der Waals surface area contributed by atoms with Crippen molar-refractivity contribution >= 4 is 29.9 Å². The number of morpholine rings is 1. The Labute approximate surface area is 163 Å². The van der Waals surface area contributed by atoms with Gasteiger partial charge in [-0.25, -0.2) is 4.99 Å². The van der Waals surface area contributed by atoms with Crippen molar-refractivity contribution in [2.45, 2.75) is 33.4 Å². The zero-order chi connectivity index (χ0) is 16.3. The van der Waals surface area contributed by atoms with Crippen molar-refractivity contribution in [1.82, 2.24) is 15.5 Å². The molecule has 1 saturated heterocycles. The highest BCUT2D eigenvalue weighted by Crippen LogP contribution is 2.10. The molecule has 1 aromatic rings. The van der Waals surface area contributed by atoms with Crippen LogP contribution in [0.15, 0.2) is 29.3 Å². The summed E-state index contributed by atoms with van der Waals surface area (Å²) < 4.78 is 5.39. The first-order chi connectivity index (χ1) is 11.3. The maximum atomic E-state index is 5.39. The summed E-state index contributed by atoms with van der Waals surface area (Å²) >= 11 is 0. The lowest BCUT2D eigenvalue weighted by Crippen LogP contribution is -2.37. The molecule has 136 valence electrons. The molecule has 0 amide bonds. The second kappa shape index (κ2) is 12.5. The van der Waals surface area contributed by atoms with Crippen LogP contribution in [0, 0.1) is 0 Å². The monoisotopic (exact) mass is 446 g/mol. The van der Waals surface area contributed by atoms with Crippen LogP contribution in [0.3, 0.4) is 0 Å². The largest absolute Gasteiger partial charge is 0.379 e. The number of rotatable bonds is 7. The van der Waals surface area contributed by atoms with Crippen molar-refractivity contribution < 1.29 is 4.74 Å². The predicted molar refractivity (Wildman–Crippen MR) is 111 cm³/mol. The standard InChI is InChI=1S/C18H30N4O.HI/c1-3-9-20-18(19-4-2)21-14-16-5-7-17(8-6-16)15-22-10-12-23-13-11-22;/h5-8H,3-4,9-15H2,1-2H3,(H2,19,20,21);1H. The fourth-order valence-electron chi connectivity index (χ4n) is 2.52. The van der Waals surface area contributed by atoms with E-state index in [-0.39, 0.29) is 24.0 Å². The van der Waals surface area contributed by atoms with Crippen LogP contribution >= 0.6 is 24.0 Å². The summed E-state index contributed by atoms with van der Waals surface area (Å²) in [5, 5.41) is 6.60. The number of nitrogens with zero attached hydrogens (tertiary/aromatic N) is 2. The Morgan fingerprint density at radius 3 is 2.38 bits per heavy atom. The third-order valence-corrected chi connectivity index (χ3v) is 3.84. The molecule has 1 aromatic carbocycles. The second-order valence-electron chi connectivity index (χ2n) is 5.83. The fourth-order valence-corrected chi connectivity index (χ4v) is 2.52. The Morgan fingerprint density at radius 1 is 1.08 bits per heavy atom. The topological polar surface area (TPSA) is 48.9 Å². The summed E-state index contributed by atoms with van der Waals surface area (Å²) in [6.07, 6.45) is 1.10. The highest BCUT2D eigenvalue weighted by molar-refractivity contribution is 14.0.